The fourth-order valence-corrected chi connectivity index (χ4v) is 2.67. The van der Waals surface area contributed by atoms with Crippen molar-refractivity contribution in [2.45, 2.75) is 13.8 Å². The molecule has 2 aliphatic rings. The molecule has 4 heteroatoms. The minimum Gasteiger partial charge on any atom is -0.456 e. The van der Waals surface area contributed by atoms with Crippen LogP contribution < -0.4 is 10.3 Å². The molecule has 21 heavy (non-hydrogen) atoms. The van der Waals surface area contributed by atoms with E-state index in [9.17, 15) is 0 Å². The number of fused-ring (bicyclic) bond motifs is 2. The quantitative estimate of drug-likeness (QED) is 0.544. The Morgan fingerprint density at radius 1 is 1.05 bits per heavy atom. The van der Waals surface area contributed by atoms with E-state index in [1.165, 1.54) is 5.69 Å². The van der Waals surface area contributed by atoms with Gasteiger partial charge in [-0.15, -0.1) is 0 Å². The monoisotopic (exact) mass is 278 g/mol. The van der Waals surface area contributed by atoms with Gasteiger partial charge in [0.1, 0.15) is 11.3 Å². The number of hydrogen-bond acceptors (Lipinski definition) is 3. The maximum Gasteiger partial charge on any atom is 0.245 e. The van der Waals surface area contributed by atoms with Crippen LogP contribution in [0.5, 0.6) is 0 Å². The van der Waals surface area contributed by atoms with Crippen molar-refractivity contribution >= 4 is 24.6 Å². The smallest absolute Gasteiger partial charge is 0.245 e. The summed E-state index contributed by atoms with van der Waals surface area (Å²) in [6.07, 6.45) is 0. The SMILES string of the molecule is BN=c1ccc2cc3ccc(N(CC)CC)cc3oc-2c1. The van der Waals surface area contributed by atoms with Crippen molar-refractivity contribution < 1.29 is 4.42 Å². The van der Waals surface area contributed by atoms with Crippen molar-refractivity contribution in [3.63, 3.8) is 0 Å². The van der Waals surface area contributed by atoms with Crippen molar-refractivity contribution in [3.05, 3.63) is 47.8 Å². The molecule has 1 aliphatic heterocycles. The molecule has 0 radical (unpaired) electrons. The third kappa shape index (κ3) is 2.53. The van der Waals surface area contributed by atoms with Gasteiger partial charge in [0.25, 0.3) is 0 Å². The van der Waals surface area contributed by atoms with Crippen molar-refractivity contribution in [2.24, 2.45) is 4.90 Å². The first-order valence-electron chi connectivity index (χ1n) is 7.40. The van der Waals surface area contributed by atoms with E-state index in [0.717, 1.165) is 40.7 Å². The van der Waals surface area contributed by atoms with Crippen LogP contribution in [0.2, 0.25) is 0 Å². The van der Waals surface area contributed by atoms with Crippen molar-refractivity contribution in [3.8, 4) is 11.3 Å². The van der Waals surface area contributed by atoms with Crippen molar-refractivity contribution in [1.82, 2.24) is 0 Å². The zero-order chi connectivity index (χ0) is 14.8. The molecule has 0 spiro atoms. The second kappa shape index (κ2) is 5.64. The summed E-state index contributed by atoms with van der Waals surface area (Å²) in [7, 11) is 1.79. The van der Waals surface area contributed by atoms with E-state index in [-0.39, 0.29) is 0 Å². The first-order valence-corrected chi connectivity index (χ1v) is 7.40. The zero-order valence-electron chi connectivity index (χ0n) is 12.8. The lowest BCUT2D eigenvalue weighted by Gasteiger charge is -2.21. The molecule has 1 aromatic rings. The summed E-state index contributed by atoms with van der Waals surface area (Å²) in [5.41, 5.74) is 3.22. The number of nitrogens with zero attached hydrogens (tertiary/aromatic N) is 2. The Kier molecular flexibility index (Phi) is 3.69. The van der Waals surface area contributed by atoms with Gasteiger partial charge in [0, 0.05) is 47.2 Å². The molecule has 1 aromatic carbocycles. The second-order valence-corrected chi connectivity index (χ2v) is 5.09. The fraction of sp³-hybridized carbons (Fsp3) is 0.235. The van der Waals surface area contributed by atoms with Gasteiger partial charge in [0.05, 0.1) is 0 Å². The van der Waals surface area contributed by atoms with E-state index in [4.69, 9.17) is 4.42 Å². The third-order valence-electron chi connectivity index (χ3n) is 3.91. The number of hydrogen-bond donors (Lipinski definition) is 0. The van der Waals surface area contributed by atoms with Crippen LogP contribution in [0.25, 0.3) is 22.3 Å². The lowest BCUT2D eigenvalue weighted by molar-refractivity contribution is 0.618. The minimum absolute atomic E-state index is 0.877. The molecule has 0 saturated carbocycles. The Hall–Kier alpha value is -2.23. The molecule has 0 atom stereocenters. The summed E-state index contributed by atoms with van der Waals surface area (Å²) < 4.78 is 6.08. The summed E-state index contributed by atoms with van der Waals surface area (Å²) in [5.74, 6) is 0.877. The van der Waals surface area contributed by atoms with Crippen LogP contribution in [0.15, 0.2) is 51.8 Å². The van der Waals surface area contributed by atoms with Crippen molar-refractivity contribution in [1.29, 1.82) is 0 Å². The van der Waals surface area contributed by atoms with Gasteiger partial charge in [-0.25, -0.2) is 0 Å². The van der Waals surface area contributed by atoms with Gasteiger partial charge < -0.3 is 14.2 Å². The van der Waals surface area contributed by atoms with Crippen LogP contribution in [0.4, 0.5) is 5.69 Å². The van der Waals surface area contributed by atoms with Gasteiger partial charge in [-0.1, -0.05) is 0 Å². The van der Waals surface area contributed by atoms with Gasteiger partial charge in [-0.3, -0.25) is 0 Å². The van der Waals surface area contributed by atoms with Gasteiger partial charge in [-0.2, -0.15) is 0 Å². The standard InChI is InChI=1S/C17H19BN2O/c1-3-20(4-2)15-8-6-13-9-12-5-7-14(19-18)10-16(12)21-17(13)11-15/h5-11H,3-4,18H2,1-2H3. The first kappa shape index (κ1) is 13.7. The molecule has 0 aromatic heterocycles. The molecule has 0 fully saturated rings. The van der Waals surface area contributed by atoms with Gasteiger partial charge in [0.15, 0.2) is 0 Å². The molecule has 1 aliphatic carbocycles. The minimum atomic E-state index is 0.877. The highest BCUT2D eigenvalue weighted by molar-refractivity contribution is 6.05. The van der Waals surface area contributed by atoms with E-state index in [2.05, 4.69) is 54.0 Å². The number of anilines is 1. The number of benzene rings is 2. The Balaban J connectivity index is 2.20. The normalized spacial score (nSPS) is 12.2. The second-order valence-electron chi connectivity index (χ2n) is 5.09. The van der Waals surface area contributed by atoms with Gasteiger partial charge in [-0.05, 0) is 44.2 Å². The molecule has 0 saturated heterocycles. The average Bonchev–Trinajstić information content (AvgIpc) is 2.53. The van der Waals surface area contributed by atoms with Crippen LogP contribution in [0, 0.1) is 0 Å². The van der Waals surface area contributed by atoms with E-state index in [1.807, 2.05) is 12.1 Å². The molecule has 3 nitrogen and oxygen atoms in total. The van der Waals surface area contributed by atoms with Crippen LogP contribution in [-0.2, 0) is 0 Å². The molecule has 106 valence electrons. The average molecular weight is 278 g/mol. The molecule has 1 heterocycles. The topological polar surface area (TPSA) is 28.7 Å². The van der Waals surface area contributed by atoms with Gasteiger partial charge in [0.2, 0.25) is 7.98 Å². The number of rotatable bonds is 3. The summed E-state index contributed by atoms with van der Waals surface area (Å²) in [6, 6.07) is 14.6. The molecule has 0 amide bonds. The van der Waals surface area contributed by atoms with E-state index >= 15 is 0 Å². The molecule has 0 bridgehead atoms. The Bertz CT molecular complexity index is 805. The Morgan fingerprint density at radius 2 is 1.86 bits per heavy atom. The van der Waals surface area contributed by atoms with E-state index in [1.54, 1.807) is 7.98 Å². The predicted molar refractivity (Wildman–Crippen MR) is 90.5 cm³/mol. The van der Waals surface area contributed by atoms with Crippen LogP contribution in [-0.4, -0.2) is 21.1 Å². The fourth-order valence-electron chi connectivity index (χ4n) is 2.67. The summed E-state index contributed by atoms with van der Waals surface area (Å²) in [6.45, 7) is 6.32. The summed E-state index contributed by atoms with van der Waals surface area (Å²) in [4.78, 5) is 6.52. The Labute approximate surface area is 125 Å². The third-order valence-corrected chi connectivity index (χ3v) is 3.91. The maximum absolute atomic E-state index is 6.08. The first-order chi connectivity index (χ1) is 10.2. The highest BCUT2D eigenvalue weighted by Crippen LogP contribution is 2.29. The van der Waals surface area contributed by atoms with Crippen LogP contribution in [0.3, 0.4) is 0 Å². The lowest BCUT2D eigenvalue weighted by atomic mass is 10.1. The highest BCUT2D eigenvalue weighted by Gasteiger charge is 2.09. The summed E-state index contributed by atoms with van der Waals surface area (Å²) >= 11 is 0. The molecule has 0 N–H and O–H groups in total. The lowest BCUT2D eigenvalue weighted by Crippen LogP contribution is -2.21. The molecular formula is C17H19BN2O. The zero-order valence-corrected chi connectivity index (χ0v) is 12.8. The molecule has 0 unspecified atom stereocenters. The predicted octanol–water partition coefficient (Wildman–Crippen LogP) is 2.83. The van der Waals surface area contributed by atoms with E-state index in [0.29, 0.717) is 0 Å². The highest BCUT2D eigenvalue weighted by atomic mass is 16.3. The van der Waals surface area contributed by atoms with Crippen LogP contribution in [0.1, 0.15) is 13.8 Å². The maximum atomic E-state index is 6.08. The van der Waals surface area contributed by atoms with E-state index < -0.39 is 0 Å². The Morgan fingerprint density at radius 3 is 2.57 bits per heavy atom. The molecule has 3 rings (SSSR count). The largest absolute Gasteiger partial charge is 0.456 e. The van der Waals surface area contributed by atoms with Crippen molar-refractivity contribution in [2.75, 3.05) is 18.0 Å². The van der Waals surface area contributed by atoms with Crippen LogP contribution >= 0.6 is 0 Å². The summed E-state index contributed by atoms with van der Waals surface area (Å²) in [5, 5.41) is 2.06. The molecular weight excluding hydrogens is 259 g/mol. The van der Waals surface area contributed by atoms with Gasteiger partial charge >= 0.3 is 0 Å².